The molecular weight excluding hydrogens is 304 g/mol. The Hall–Kier alpha value is -2.76. The van der Waals surface area contributed by atoms with Gasteiger partial charge in [-0.1, -0.05) is 0 Å². The minimum absolute atomic E-state index is 0.685. The number of ether oxygens (including phenoxy) is 2. The fourth-order valence-corrected chi connectivity index (χ4v) is 2.74. The average Bonchev–Trinajstić information content (AvgIpc) is 2.90. The molecule has 0 fully saturated rings. The first kappa shape index (κ1) is 16.1. The van der Waals surface area contributed by atoms with Crippen molar-refractivity contribution < 1.29 is 9.47 Å². The number of benzene rings is 1. The second kappa shape index (κ2) is 6.39. The molecule has 6 nitrogen and oxygen atoms in total. The first-order valence-electron chi connectivity index (χ1n) is 7.78. The molecule has 0 spiro atoms. The summed E-state index contributed by atoms with van der Waals surface area (Å²) in [7, 11) is 5.22. The van der Waals surface area contributed by atoms with E-state index in [0.29, 0.717) is 18.0 Å². The highest BCUT2D eigenvalue weighted by Crippen LogP contribution is 2.34. The largest absolute Gasteiger partial charge is 0.493 e. The Bertz CT molecular complexity index is 886. The standard InChI is InChI=1S/C18H22N4O2/c1-11-15-8-17(24-5)16(23-4)6-13(15)7-18(21-11)19-9-14-10-20-22(3)12(14)2/h6-8,10H,9H2,1-5H3,(H,19,21). The maximum atomic E-state index is 5.40. The Morgan fingerprint density at radius 1 is 1.08 bits per heavy atom. The zero-order valence-electron chi connectivity index (χ0n) is 14.7. The topological polar surface area (TPSA) is 61.2 Å². The Morgan fingerprint density at radius 3 is 2.42 bits per heavy atom. The van der Waals surface area contributed by atoms with Crippen LogP contribution in [0.5, 0.6) is 11.5 Å². The van der Waals surface area contributed by atoms with Crippen LogP contribution in [-0.2, 0) is 13.6 Å². The lowest BCUT2D eigenvalue weighted by Gasteiger charge is -2.12. The van der Waals surface area contributed by atoms with Crippen molar-refractivity contribution in [3.8, 4) is 11.5 Å². The van der Waals surface area contributed by atoms with Gasteiger partial charge in [-0.3, -0.25) is 4.68 Å². The highest BCUT2D eigenvalue weighted by Gasteiger charge is 2.10. The van der Waals surface area contributed by atoms with Crippen molar-refractivity contribution in [3.63, 3.8) is 0 Å². The van der Waals surface area contributed by atoms with Crippen LogP contribution in [0.1, 0.15) is 17.0 Å². The summed E-state index contributed by atoms with van der Waals surface area (Å²) in [5, 5.41) is 9.75. The van der Waals surface area contributed by atoms with Crippen molar-refractivity contribution in [2.75, 3.05) is 19.5 Å². The van der Waals surface area contributed by atoms with Crippen molar-refractivity contribution in [2.24, 2.45) is 7.05 Å². The van der Waals surface area contributed by atoms with E-state index in [2.05, 4.69) is 22.3 Å². The molecule has 3 rings (SSSR count). The molecule has 6 heteroatoms. The average molecular weight is 326 g/mol. The number of hydrogen-bond donors (Lipinski definition) is 1. The summed E-state index contributed by atoms with van der Waals surface area (Å²) >= 11 is 0. The van der Waals surface area contributed by atoms with E-state index < -0.39 is 0 Å². The van der Waals surface area contributed by atoms with Gasteiger partial charge >= 0.3 is 0 Å². The second-order valence-corrected chi connectivity index (χ2v) is 5.75. The van der Waals surface area contributed by atoms with Gasteiger partial charge < -0.3 is 14.8 Å². The van der Waals surface area contributed by atoms with E-state index in [1.54, 1.807) is 14.2 Å². The van der Waals surface area contributed by atoms with E-state index in [9.17, 15) is 0 Å². The minimum atomic E-state index is 0.685. The Kier molecular flexibility index (Phi) is 4.29. The number of rotatable bonds is 5. The first-order chi connectivity index (χ1) is 11.5. The van der Waals surface area contributed by atoms with E-state index in [4.69, 9.17) is 9.47 Å². The number of pyridine rings is 1. The molecule has 0 aliphatic carbocycles. The number of methoxy groups -OCH3 is 2. The predicted molar refractivity (Wildman–Crippen MR) is 94.9 cm³/mol. The normalized spacial score (nSPS) is 10.9. The SMILES string of the molecule is COc1cc2cc(NCc3cnn(C)c3C)nc(C)c2cc1OC. The van der Waals surface area contributed by atoms with Crippen LogP contribution in [0.2, 0.25) is 0 Å². The molecule has 2 heterocycles. The lowest BCUT2D eigenvalue weighted by Crippen LogP contribution is -2.04. The maximum Gasteiger partial charge on any atom is 0.161 e. The molecule has 2 aromatic heterocycles. The van der Waals surface area contributed by atoms with Gasteiger partial charge in [0, 0.05) is 35.9 Å². The number of hydrogen-bond acceptors (Lipinski definition) is 5. The quantitative estimate of drug-likeness (QED) is 0.780. The molecule has 0 aliphatic heterocycles. The molecule has 1 aromatic carbocycles. The number of nitrogens with one attached hydrogen (secondary N) is 1. The van der Waals surface area contributed by atoms with Gasteiger partial charge in [0.15, 0.2) is 11.5 Å². The third kappa shape index (κ3) is 2.87. The first-order valence-corrected chi connectivity index (χ1v) is 7.78. The fraction of sp³-hybridized carbons (Fsp3) is 0.333. The van der Waals surface area contributed by atoms with Crippen LogP contribution in [0, 0.1) is 13.8 Å². The molecule has 0 saturated heterocycles. The van der Waals surface area contributed by atoms with Crippen LogP contribution in [0.4, 0.5) is 5.82 Å². The number of nitrogens with zero attached hydrogens (tertiary/aromatic N) is 3. The molecule has 126 valence electrons. The summed E-state index contributed by atoms with van der Waals surface area (Å²) in [4.78, 5) is 4.65. The second-order valence-electron chi connectivity index (χ2n) is 5.75. The molecule has 3 aromatic rings. The smallest absolute Gasteiger partial charge is 0.161 e. The van der Waals surface area contributed by atoms with Crippen LogP contribution in [0.25, 0.3) is 10.8 Å². The van der Waals surface area contributed by atoms with Crippen LogP contribution < -0.4 is 14.8 Å². The summed E-state index contributed by atoms with van der Waals surface area (Å²) < 4.78 is 12.6. The van der Waals surface area contributed by atoms with Crippen molar-refractivity contribution in [2.45, 2.75) is 20.4 Å². The van der Waals surface area contributed by atoms with Gasteiger partial charge in [0.05, 0.1) is 20.4 Å². The number of fused-ring (bicyclic) bond motifs is 1. The summed E-state index contributed by atoms with van der Waals surface area (Å²) in [6.07, 6.45) is 1.88. The molecule has 0 bridgehead atoms. The maximum absolute atomic E-state index is 5.40. The number of aromatic nitrogens is 3. The predicted octanol–water partition coefficient (Wildman–Crippen LogP) is 3.21. The summed E-state index contributed by atoms with van der Waals surface area (Å²) in [6, 6.07) is 5.96. The van der Waals surface area contributed by atoms with E-state index in [-0.39, 0.29) is 0 Å². The van der Waals surface area contributed by atoms with E-state index in [1.165, 1.54) is 0 Å². The lowest BCUT2D eigenvalue weighted by atomic mass is 10.1. The summed E-state index contributed by atoms with van der Waals surface area (Å²) in [6.45, 7) is 4.74. The molecule has 0 aliphatic rings. The van der Waals surface area contributed by atoms with Crippen molar-refractivity contribution in [3.05, 3.63) is 41.3 Å². The van der Waals surface area contributed by atoms with Gasteiger partial charge in [0.2, 0.25) is 0 Å². The Labute approximate surface area is 141 Å². The Balaban J connectivity index is 1.93. The highest BCUT2D eigenvalue weighted by atomic mass is 16.5. The van der Waals surface area contributed by atoms with Crippen molar-refractivity contribution in [1.29, 1.82) is 0 Å². The van der Waals surface area contributed by atoms with Gasteiger partial charge in [-0.2, -0.15) is 5.10 Å². The van der Waals surface area contributed by atoms with Gasteiger partial charge in [-0.25, -0.2) is 4.98 Å². The number of anilines is 1. The summed E-state index contributed by atoms with van der Waals surface area (Å²) in [5.74, 6) is 2.25. The van der Waals surface area contributed by atoms with Crippen LogP contribution >= 0.6 is 0 Å². The zero-order chi connectivity index (χ0) is 17.3. The monoisotopic (exact) mass is 326 g/mol. The van der Waals surface area contributed by atoms with Gasteiger partial charge in [0.25, 0.3) is 0 Å². The minimum Gasteiger partial charge on any atom is -0.493 e. The Morgan fingerprint density at radius 2 is 1.79 bits per heavy atom. The molecule has 0 radical (unpaired) electrons. The van der Waals surface area contributed by atoms with Crippen LogP contribution in [0.15, 0.2) is 24.4 Å². The van der Waals surface area contributed by atoms with Gasteiger partial charge in [0.1, 0.15) is 5.82 Å². The highest BCUT2D eigenvalue weighted by molar-refractivity contribution is 5.89. The zero-order valence-corrected chi connectivity index (χ0v) is 14.7. The summed E-state index contributed by atoms with van der Waals surface area (Å²) in [5.41, 5.74) is 3.25. The van der Waals surface area contributed by atoms with E-state index in [0.717, 1.165) is 33.5 Å². The molecule has 0 saturated carbocycles. The van der Waals surface area contributed by atoms with Crippen molar-refractivity contribution >= 4 is 16.6 Å². The van der Waals surface area contributed by atoms with Crippen LogP contribution in [0.3, 0.4) is 0 Å². The molecule has 0 unspecified atom stereocenters. The van der Waals surface area contributed by atoms with E-state index in [1.807, 2.05) is 43.0 Å². The third-order valence-electron chi connectivity index (χ3n) is 4.32. The number of aryl methyl sites for hydroxylation is 2. The molecule has 1 N–H and O–H groups in total. The molecular formula is C18H22N4O2. The van der Waals surface area contributed by atoms with Crippen molar-refractivity contribution in [1.82, 2.24) is 14.8 Å². The molecule has 0 amide bonds. The molecule has 0 atom stereocenters. The lowest BCUT2D eigenvalue weighted by molar-refractivity contribution is 0.356. The van der Waals surface area contributed by atoms with Gasteiger partial charge in [-0.15, -0.1) is 0 Å². The van der Waals surface area contributed by atoms with Gasteiger partial charge in [-0.05, 0) is 37.4 Å². The van der Waals surface area contributed by atoms with Crippen LogP contribution in [-0.4, -0.2) is 29.0 Å². The fourth-order valence-electron chi connectivity index (χ4n) is 2.74. The third-order valence-corrected chi connectivity index (χ3v) is 4.32. The molecule has 24 heavy (non-hydrogen) atoms. The van der Waals surface area contributed by atoms with E-state index >= 15 is 0 Å².